The van der Waals surface area contributed by atoms with Crippen molar-refractivity contribution in [3.63, 3.8) is 0 Å². The van der Waals surface area contributed by atoms with Crippen LogP contribution in [0.5, 0.6) is 0 Å². The number of aliphatic imine (C=N–C) groups is 3. The Morgan fingerprint density at radius 3 is 1.71 bits per heavy atom. The summed E-state index contributed by atoms with van der Waals surface area (Å²) in [6.07, 6.45) is -1.65. The molecule has 5 rings (SSSR count). The Morgan fingerprint density at radius 2 is 1.23 bits per heavy atom. The Kier molecular flexibility index (Phi) is 16.6. The van der Waals surface area contributed by atoms with Crippen LogP contribution in [0, 0.1) is 57.2 Å². The van der Waals surface area contributed by atoms with E-state index in [-0.39, 0.29) is 66.7 Å². The molecule has 0 aromatic carbocycles. The van der Waals surface area contributed by atoms with E-state index >= 15 is 0 Å². The number of carboxylic acid groups (broad SMARTS) is 7. The topological polar surface area (TPSA) is 336 Å². The first-order valence-electron chi connectivity index (χ1n) is 21.4. The quantitative estimate of drug-likeness (QED) is 0.0422. The van der Waals surface area contributed by atoms with Crippen LogP contribution in [0.1, 0.15) is 126 Å². The summed E-state index contributed by atoms with van der Waals surface area (Å²) in [5.41, 5.74) is -4.11. The molecule has 0 unspecified atom stereocenters. The monoisotopic (exact) mass is 997 g/mol. The number of hydrogen-bond donors (Lipinski definition) is 7. The van der Waals surface area contributed by atoms with Crippen LogP contribution in [0.25, 0.3) is 5.32 Å². The van der Waals surface area contributed by atoms with E-state index in [1.165, 1.54) is 0 Å². The van der Waals surface area contributed by atoms with E-state index in [2.05, 4.69) is 0 Å². The Balaban J connectivity index is 0.00000380. The fourth-order valence-electron chi connectivity index (χ4n) is 11.6. The molecule has 0 amide bonds. The average Bonchev–Trinajstić information content (AvgIpc) is 3.79. The van der Waals surface area contributed by atoms with Gasteiger partial charge in [0.1, 0.15) is 0 Å². The van der Waals surface area contributed by atoms with Gasteiger partial charge in [-0.25, -0.2) is 0 Å². The van der Waals surface area contributed by atoms with Crippen LogP contribution in [0.4, 0.5) is 0 Å². The van der Waals surface area contributed by atoms with Crippen molar-refractivity contribution in [3.8, 4) is 0 Å². The van der Waals surface area contributed by atoms with Crippen LogP contribution >= 0.6 is 0 Å². The van der Waals surface area contributed by atoms with Crippen molar-refractivity contribution < 1.29 is 86.1 Å². The third-order valence-electron chi connectivity index (χ3n) is 15.2. The van der Waals surface area contributed by atoms with Gasteiger partial charge >= 0.3 is 58.6 Å². The molecule has 20 heteroatoms. The van der Waals surface area contributed by atoms with Gasteiger partial charge in [-0.15, -0.1) is 5.70 Å². The van der Waals surface area contributed by atoms with E-state index in [1.807, 2.05) is 13.8 Å². The van der Waals surface area contributed by atoms with E-state index in [0.29, 0.717) is 34.0 Å². The first kappa shape index (κ1) is 54.6. The maximum atomic E-state index is 13.1. The van der Waals surface area contributed by atoms with E-state index in [9.17, 15) is 69.3 Å². The maximum absolute atomic E-state index is 13.1. The summed E-state index contributed by atoms with van der Waals surface area (Å²) in [5, 5.41) is 82.9. The van der Waals surface area contributed by atoms with Crippen molar-refractivity contribution in [1.29, 1.82) is 5.26 Å². The summed E-state index contributed by atoms with van der Waals surface area (Å²) in [7, 11) is 0. The number of carboxylic acids is 7. The second kappa shape index (κ2) is 20.0. The second-order valence-corrected chi connectivity index (χ2v) is 19.4. The first-order valence-corrected chi connectivity index (χ1v) is 21.4. The molecule has 1 fully saturated rings. The number of aliphatic carboxylic acids is 7. The second-order valence-electron chi connectivity index (χ2n) is 19.4. The predicted molar refractivity (Wildman–Crippen MR) is 233 cm³/mol. The van der Waals surface area contributed by atoms with Crippen molar-refractivity contribution in [1.82, 2.24) is 0 Å². The summed E-state index contributed by atoms with van der Waals surface area (Å²) in [4.78, 5) is 104. The summed E-state index contributed by atoms with van der Waals surface area (Å²) in [6.45, 7) is 18.6. The minimum atomic E-state index is -1.64. The van der Waals surface area contributed by atoms with Gasteiger partial charge in [-0.05, 0) is 68.9 Å². The molecule has 0 aliphatic carbocycles. The molecular weight excluding hydrogens is 938 g/mol. The van der Waals surface area contributed by atoms with Crippen molar-refractivity contribution in [2.75, 3.05) is 0 Å². The smallest absolute Gasteiger partial charge is 0.664 e. The Morgan fingerprint density at radius 1 is 0.712 bits per heavy atom. The van der Waals surface area contributed by atoms with Gasteiger partial charge in [-0.2, -0.15) is 5.70 Å². The van der Waals surface area contributed by atoms with Crippen LogP contribution in [0.15, 0.2) is 49.3 Å². The summed E-state index contributed by atoms with van der Waals surface area (Å²) in [6, 6.07) is -1.16. The molecule has 5 heterocycles. The third-order valence-corrected chi connectivity index (χ3v) is 15.2. The fourth-order valence-corrected chi connectivity index (χ4v) is 11.6. The fraction of sp³-hybridized carbons (Fsp3) is 0.630. The van der Waals surface area contributed by atoms with Crippen molar-refractivity contribution in [3.05, 3.63) is 46.2 Å². The Bertz CT molecular complexity index is 2280. The Labute approximate surface area is 393 Å². The first-order chi connectivity index (χ1) is 30.0. The predicted octanol–water partition coefficient (Wildman–Crippen LogP) is 6.80. The molecule has 9 atom stereocenters. The van der Waals surface area contributed by atoms with Crippen molar-refractivity contribution in [2.24, 2.45) is 60.3 Å². The van der Waals surface area contributed by atoms with Gasteiger partial charge in [-0.3, -0.25) is 48.5 Å². The molecule has 19 nitrogen and oxygen atoms in total. The molecule has 361 valence electrons. The van der Waals surface area contributed by atoms with Gasteiger partial charge < -0.3 is 52.9 Å². The van der Waals surface area contributed by atoms with E-state index in [0.717, 1.165) is 0 Å². The number of hydrogen-bond acceptors (Lipinski definition) is 11. The molecule has 7 N–H and O–H groups in total. The molecule has 5 aliphatic rings. The number of allylic oxidation sites excluding steroid dienone is 6. The number of nitrogens with zero attached hydrogens (tertiary/aromatic N) is 5. The summed E-state index contributed by atoms with van der Waals surface area (Å²) in [5.74, 6) is -11.7. The Hall–Kier alpha value is -5.68. The molecule has 0 aromatic rings. The van der Waals surface area contributed by atoms with Crippen molar-refractivity contribution in [2.45, 2.75) is 138 Å². The summed E-state index contributed by atoms with van der Waals surface area (Å²) < 4.78 is 0. The zero-order valence-corrected chi connectivity index (χ0v) is 39.3. The minimum Gasteiger partial charge on any atom is -0.664 e. The van der Waals surface area contributed by atoms with Crippen LogP contribution in [0.3, 0.4) is 0 Å². The van der Waals surface area contributed by atoms with Crippen molar-refractivity contribution >= 4 is 58.9 Å². The third kappa shape index (κ3) is 9.87. The minimum absolute atomic E-state index is 0. The van der Waals surface area contributed by atoms with Crippen LogP contribution in [-0.4, -0.2) is 106 Å². The van der Waals surface area contributed by atoms with E-state index in [4.69, 9.17) is 32.1 Å². The van der Waals surface area contributed by atoms with Gasteiger partial charge in [0.25, 0.3) is 0 Å². The molecule has 0 saturated carbocycles. The van der Waals surface area contributed by atoms with Crippen LogP contribution in [-0.2, 0) is 50.3 Å². The zero-order chi connectivity index (χ0) is 49.4. The van der Waals surface area contributed by atoms with Gasteiger partial charge in [0.15, 0.2) is 0 Å². The normalized spacial score (nSPS) is 34.5. The van der Waals surface area contributed by atoms with Gasteiger partial charge in [-0.1, -0.05) is 40.7 Å². The van der Waals surface area contributed by atoms with Crippen LogP contribution < -0.4 is 0 Å². The maximum Gasteiger partial charge on any atom is 2.00 e. The zero-order valence-electron chi connectivity index (χ0n) is 38.3. The molecule has 66 heavy (non-hydrogen) atoms. The van der Waals surface area contributed by atoms with Gasteiger partial charge in [0.05, 0.1) is 30.8 Å². The standard InChI is InChI=1S/C45H60N4O14.CN.Co/c1-21-36-24(10-13-30(52)53)41(3,4)28(47-36)18-27-23(9-12-29(50)51)43(6,19-34(60)61)39(46-27)22(2)37-25(11-14-31(54)55)44(7,20-35(62)63)45(8,49-37)40-26(17-33(58)59)42(5,38(21)48-40)16-15-32(56)57;1-2;/h18,23-26,40H,9-17,19-20H2,1-8H3,(H8,46,47,48,49,50,51,52,53,54,55,56,57,58,59,60,61,62,63);;/q;-1;+2/p-1/t23-,24-,25-,26+,40-,42-,43+,44+,45+;;/m1../s1/i29+1,30+1,31+1,32+1,33+1,34+1,35+1,50+2,51+2,52+2,53+2,54+2,55+2,56+2,57+2,58+2,59+2,60+2,61+2,62+2;;. The molecule has 1 radical (unpaired) electrons. The van der Waals surface area contributed by atoms with Gasteiger partial charge in [0, 0.05) is 82.5 Å². The molecule has 0 spiro atoms. The average molecular weight is 998 g/mol. The molecule has 1 saturated heterocycles. The van der Waals surface area contributed by atoms with Gasteiger partial charge in [0.2, 0.25) is 0 Å². The number of rotatable bonds is 18. The number of fused-ring (bicyclic) bond motifs is 6. The van der Waals surface area contributed by atoms with Crippen LogP contribution in [0.2, 0.25) is 0 Å². The molecular formula is C46H59CoN5O14. The number of carbonyl (C=O) groups is 7. The summed E-state index contributed by atoms with van der Waals surface area (Å²) >= 11 is 0. The largest absolute Gasteiger partial charge is 2.00 e. The SMILES string of the molecule is C/C1=C2N=C(/C=C3\[N-]/C(=C(/C)C4=N[C@@](C)([C@@H]5N=C1[C@](C)(CC[13C](=[18O])[18OH])[C@H]5C[13C](=[18O])[18OH])[C@@](C)(C[13C](=O)[18OH])[C@@H]4CC[13C](=[18O])[18OH])[C@@](C)(C[13C](=[18O])[18OH])[C@@H]3CC[13C](=[18O])[18OH])C(C)(C)[C@@H]/2CC[13C](=[18O])[18OH].[C-]#N.[Co+2]. The van der Waals surface area contributed by atoms with E-state index < -0.39 is 131 Å². The molecule has 0 aromatic heterocycles. The van der Waals surface area contributed by atoms with E-state index in [1.54, 1.807) is 47.6 Å². The molecule has 8 bridgehead atoms. The molecule has 5 aliphatic heterocycles.